The van der Waals surface area contributed by atoms with Crippen LogP contribution >= 0.6 is 0 Å². The molecule has 15 aromatic rings. The molecule has 0 radical (unpaired) electrons. The van der Waals surface area contributed by atoms with E-state index < -0.39 is 0 Å². The molecule has 3 heterocycles. The van der Waals surface area contributed by atoms with Gasteiger partial charge in [0.05, 0.1) is 28.1 Å². The minimum absolute atomic E-state index is 0.184. The third kappa shape index (κ3) is 9.41. The molecule has 94 heavy (non-hydrogen) atoms. The van der Waals surface area contributed by atoms with Crippen LogP contribution in [0.5, 0.6) is 0 Å². The molecule has 0 atom stereocenters. The van der Waals surface area contributed by atoms with Crippen molar-refractivity contribution in [3.8, 4) is 72.4 Å². The lowest BCUT2D eigenvalue weighted by Gasteiger charge is -2.46. The highest BCUT2D eigenvalue weighted by molar-refractivity contribution is 7.00. The van der Waals surface area contributed by atoms with Crippen LogP contribution in [0.1, 0.15) is 52.7 Å². The summed E-state index contributed by atoms with van der Waals surface area (Å²) in [4.78, 5) is 5.40. The summed E-state index contributed by atoms with van der Waals surface area (Å²) in [5.74, 6) is 0. The Bertz CT molecular complexity index is 5050. The zero-order valence-electron chi connectivity index (χ0n) is 53.9. The van der Waals surface area contributed by atoms with Gasteiger partial charge < -0.3 is 14.4 Å². The quantitative estimate of drug-likeness (QED) is 0.133. The molecule has 448 valence electrons. The summed E-state index contributed by atoms with van der Waals surface area (Å²) >= 11 is 0. The van der Waals surface area contributed by atoms with Crippen LogP contribution in [0, 0.1) is 0 Å². The summed E-state index contributed by atoms with van der Waals surface area (Å²) in [6, 6.07) is 119. The highest BCUT2D eigenvalue weighted by Gasteiger charge is 2.46. The molecule has 3 nitrogen and oxygen atoms in total. The number of para-hydroxylation sites is 1. The van der Waals surface area contributed by atoms with Gasteiger partial charge >= 0.3 is 0 Å². The van der Waals surface area contributed by atoms with E-state index in [1.54, 1.807) is 0 Å². The maximum Gasteiger partial charge on any atom is 0.252 e. The summed E-state index contributed by atoms with van der Waals surface area (Å²) in [5.41, 5.74) is 30.0. The summed E-state index contributed by atoms with van der Waals surface area (Å²) < 4.78 is 2.57. The molecule has 14 aromatic carbocycles. The molecular weight excluding hydrogens is 1130 g/mol. The monoisotopic (exact) mass is 1200 g/mol. The van der Waals surface area contributed by atoms with Gasteiger partial charge in [-0.2, -0.15) is 0 Å². The molecule has 1 aromatic heterocycles. The van der Waals surface area contributed by atoms with Crippen molar-refractivity contribution < 1.29 is 0 Å². The largest absolute Gasteiger partial charge is 0.310 e. The number of fused-ring (bicyclic) bond motifs is 9. The number of hydrogen-bond acceptors (Lipinski definition) is 2. The molecule has 0 amide bonds. The van der Waals surface area contributed by atoms with Crippen molar-refractivity contribution >= 4 is 89.8 Å². The van der Waals surface area contributed by atoms with Crippen molar-refractivity contribution in [2.24, 2.45) is 0 Å². The van der Waals surface area contributed by atoms with Gasteiger partial charge in [-0.15, -0.1) is 0 Å². The number of benzene rings is 14. The fourth-order valence-corrected chi connectivity index (χ4v) is 15.2. The number of anilines is 6. The predicted octanol–water partition coefficient (Wildman–Crippen LogP) is 22.6. The first kappa shape index (κ1) is 56.8. The Balaban J connectivity index is 1.10. The van der Waals surface area contributed by atoms with E-state index in [0.717, 1.165) is 73.1 Å². The van der Waals surface area contributed by atoms with Crippen LogP contribution in [-0.4, -0.2) is 11.3 Å². The molecule has 0 unspecified atom stereocenters. The first-order valence-corrected chi connectivity index (χ1v) is 33.1. The molecule has 0 fully saturated rings. The predicted molar refractivity (Wildman–Crippen MR) is 402 cm³/mol. The van der Waals surface area contributed by atoms with Crippen LogP contribution < -0.4 is 26.2 Å². The second kappa shape index (κ2) is 22.3. The fraction of sp³-hybridized carbons (Fsp3) is 0.0889. The van der Waals surface area contributed by atoms with Crippen LogP contribution in [0.15, 0.2) is 315 Å². The van der Waals surface area contributed by atoms with E-state index in [-0.39, 0.29) is 17.5 Å². The Labute approximate surface area is 552 Å². The third-order valence-electron chi connectivity index (χ3n) is 19.8. The van der Waals surface area contributed by atoms with E-state index in [9.17, 15) is 0 Å². The average Bonchev–Trinajstić information content (AvgIpc) is 0.781. The Morgan fingerprint density at radius 1 is 0.277 bits per heavy atom. The molecule has 0 bridgehead atoms. The van der Waals surface area contributed by atoms with Crippen molar-refractivity contribution in [1.29, 1.82) is 0 Å². The first-order chi connectivity index (χ1) is 45.9. The Kier molecular flexibility index (Phi) is 13.5. The first-order valence-electron chi connectivity index (χ1n) is 33.1. The zero-order valence-corrected chi connectivity index (χ0v) is 53.9. The molecule has 0 saturated heterocycles. The average molecular weight is 1200 g/mol. The summed E-state index contributed by atoms with van der Waals surface area (Å²) in [6.45, 7) is 13.9. The molecular formula is C90H70BN3. The van der Waals surface area contributed by atoms with Crippen molar-refractivity contribution in [2.45, 2.75) is 52.4 Å². The van der Waals surface area contributed by atoms with Crippen molar-refractivity contribution in [3.63, 3.8) is 0 Å². The minimum Gasteiger partial charge on any atom is -0.310 e. The number of aromatic nitrogens is 1. The Morgan fingerprint density at radius 2 is 0.638 bits per heavy atom. The van der Waals surface area contributed by atoms with E-state index in [2.05, 4.69) is 371 Å². The van der Waals surface area contributed by atoms with Crippen molar-refractivity contribution in [3.05, 3.63) is 327 Å². The minimum atomic E-state index is -0.241. The summed E-state index contributed by atoms with van der Waals surface area (Å²) in [7, 11) is 0. The van der Waals surface area contributed by atoms with Gasteiger partial charge in [0, 0.05) is 55.8 Å². The molecule has 0 saturated carbocycles. The Morgan fingerprint density at radius 3 is 1.04 bits per heavy atom. The van der Waals surface area contributed by atoms with Crippen LogP contribution in [0.4, 0.5) is 34.1 Å². The van der Waals surface area contributed by atoms with Crippen molar-refractivity contribution in [1.82, 2.24) is 4.57 Å². The van der Waals surface area contributed by atoms with Gasteiger partial charge in [0.25, 0.3) is 6.71 Å². The lowest BCUT2D eigenvalue weighted by Crippen LogP contribution is -2.61. The van der Waals surface area contributed by atoms with Gasteiger partial charge in [-0.05, 0) is 154 Å². The molecule has 2 aliphatic rings. The van der Waals surface area contributed by atoms with Crippen LogP contribution in [-0.2, 0) is 10.8 Å². The van der Waals surface area contributed by atoms with Crippen molar-refractivity contribution in [2.75, 3.05) is 9.80 Å². The number of rotatable bonds is 9. The van der Waals surface area contributed by atoms with Gasteiger partial charge in [-0.25, -0.2) is 0 Å². The molecule has 2 aliphatic heterocycles. The molecule has 0 N–H and O–H groups in total. The lowest BCUT2D eigenvalue weighted by molar-refractivity contribution is 0.590. The Hall–Kier alpha value is -11.2. The van der Waals surface area contributed by atoms with Crippen LogP contribution in [0.2, 0.25) is 0 Å². The van der Waals surface area contributed by atoms with E-state index in [1.165, 1.54) is 93.6 Å². The molecule has 0 aliphatic carbocycles. The molecule has 17 rings (SSSR count). The molecule has 4 heteroatoms. The van der Waals surface area contributed by atoms with Gasteiger partial charge in [0.1, 0.15) is 0 Å². The van der Waals surface area contributed by atoms with Gasteiger partial charge in [0.15, 0.2) is 0 Å². The van der Waals surface area contributed by atoms with E-state index in [1.807, 2.05) is 0 Å². The second-order valence-electron chi connectivity index (χ2n) is 27.6. The topological polar surface area (TPSA) is 11.4 Å². The highest BCUT2D eigenvalue weighted by Crippen LogP contribution is 2.55. The standard InChI is InChI=1S/C90H70BN3/c1-89(2,3)68-53-73(61-33-17-9-18-34-61)87(74(54-68)62-35-19-10-20-36-62)93-80-48-46-66(59-29-13-7-14-30-59)51-77(80)91-78-52-67(60-31-15-8-16-32-60)47-49-81(78)94(88-75(63-37-21-11-22-38-63)55-69(90(4,5)6)56-76(88)64-39-23-12-24-40-64)84-58-70(57-83(93)86(84)91)92-79-44-28-27-43-72(79)85-71-42-26-25-41-65(71)45-50-82(85)92/h7-58H,1-6H3. The van der Waals surface area contributed by atoms with E-state index in [4.69, 9.17) is 0 Å². The molecule has 0 spiro atoms. The maximum atomic E-state index is 2.70. The summed E-state index contributed by atoms with van der Waals surface area (Å²) in [5, 5.41) is 4.92. The highest BCUT2D eigenvalue weighted by atomic mass is 15.2. The van der Waals surface area contributed by atoms with Gasteiger partial charge in [-0.1, -0.05) is 296 Å². The van der Waals surface area contributed by atoms with Gasteiger partial charge in [0.2, 0.25) is 0 Å². The third-order valence-corrected chi connectivity index (χ3v) is 19.8. The second-order valence-corrected chi connectivity index (χ2v) is 27.6. The lowest BCUT2D eigenvalue weighted by atomic mass is 9.33. The van der Waals surface area contributed by atoms with Gasteiger partial charge in [-0.3, -0.25) is 0 Å². The maximum absolute atomic E-state index is 2.70. The smallest absolute Gasteiger partial charge is 0.252 e. The number of hydrogen-bond donors (Lipinski definition) is 0. The van der Waals surface area contributed by atoms with Crippen LogP contribution in [0.3, 0.4) is 0 Å². The fourth-order valence-electron chi connectivity index (χ4n) is 15.2. The normalized spacial score (nSPS) is 12.7. The van der Waals surface area contributed by atoms with E-state index in [0.29, 0.717) is 0 Å². The summed E-state index contributed by atoms with van der Waals surface area (Å²) in [6.07, 6.45) is 0. The zero-order chi connectivity index (χ0) is 63.4. The van der Waals surface area contributed by atoms with Crippen LogP contribution in [0.25, 0.3) is 105 Å². The number of nitrogens with zero attached hydrogens (tertiary/aromatic N) is 3. The van der Waals surface area contributed by atoms with E-state index >= 15 is 0 Å². The SMILES string of the molecule is CC(C)(C)c1cc(-c2ccccc2)c(N2c3ccc(-c4ccccc4)cc3B3c4cc(-c5ccccc5)ccc4N(c4c(-c5ccccc5)cc(C(C)(C)C)cc4-c4ccccc4)c4cc(-n5c6ccccc6c6c7ccccc7ccc65)cc2c43)c(-c2ccccc2)c1.